The second kappa shape index (κ2) is 10.2. The maximum atomic E-state index is 5.78. The first-order valence-corrected chi connectivity index (χ1v) is 6.87. The second-order valence-electron chi connectivity index (χ2n) is 4.02. The van der Waals surface area contributed by atoms with Gasteiger partial charge in [-0.3, -0.25) is 0 Å². The Morgan fingerprint density at radius 2 is 1.83 bits per heavy atom. The highest BCUT2D eigenvalue weighted by Gasteiger charge is 1.94. The lowest BCUT2D eigenvalue weighted by molar-refractivity contribution is 0.102. The molecule has 18 heavy (non-hydrogen) atoms. The van der Waals surface area contributed by atoms with Crippen LogP contribution in [0.3, 0.4) is 0 Å². The van der Waals surface area contributed by atoms with Crippen molar-refractivity contribution < 1.29 is 9.47 Å². The van der Waals surface area contributed by atoms with Crippen LogP contribution in [0.15, 0.2) is 24.3 Å². The highest BCUT2D eigenvalue weighted by molar-refractivity contribution is 6.30. The fourth-order valence-corrected chi connectivity index (χ4v) is 1.55. The van der Waals surface area contributed by atoms with E-state index in [-0.39, 0.29) is 0 Å². The van der Waals surface area contributed by atoms with E-state index < -0.39 is 0 Å². The van der Waals surface area contributed by atoms with Crippen LogP contribution in [0.5, 0.6) is 5.75 Å². The minimum atomic E-state index is 0.566. The van der Waals surface area contributed by atoms with Crippen LogP contribution >= 0.6 is 11.6 Å². The maximum Gasteiger partial charge on any atom is 0.119 e. The molecule has 1 rings (SSSR count). The van der Waals surface area contributed by atoms with E-state index in [2.05, 4.69) is 12.2 Å². The molecule has 0 aliphatic heterocycles. The summed E-state index contributed by atoms with van der Waals surface area (Å²) in [4.78, 5) is 0. The first kappa shape index (κ1) is 15.3. The van der Waals surface area contributed by atoms with Crippen molar-refractivity contribution in [2.24, 2.45) is 0 Å². The minimum absolute atomic E-state index is 0.566. The summed E-state index contributed by atoms with van der Waals surface area (Å²) in [6.45, 7) is 6.07. The number of benzene rings is 1. The Morgan fingerprint density at radius 1 is 1.06 bits per heavy atom. The fraction of sp³-hybridized carbons (Fsp3) is 0.571. The first-order chi connectivity index (χ1) is 8.83. The van der Waals surface area contributed by atoms with Crippen LogP contribution in [0.25, 0.3) is 0 Å². The number of ether oxygens (including phenoxy) is 2. The molecule has 0 saturated carbocycles. The van der Waals surface area contributed by atoms with E-state index in [0.29, 0.717) is 13.2 Å². The van der Waals surface area contributed by atoms with Crippen LogP contribution in [0, 0.1) is 0 Å². The molecule has 4 heteroatoms. The lowest BCUT2D eigenvalue weighted by Crippen LogP contribution is -2.21. The molecule has 0 atom stereocenters. The van der Waals surface area contributed by atoms with Crippen LogP contribution in [0.1, 0.15) is 19.8 Å². The zero-order valence-electron chi connectivity index (χ0n) is 11.0. The molecule has 0 aliphatic carbocycles. The number of rotatable bonds is 10. The third-order valence-corrected chi connectivity index (χ3v) is 2.69. The fourth-order valence-electron chi connectivity index (χ4n) is 1.42. The van der Waals surface area contributed by atoms with Crippen LogP contribution in [-0.4, -0.2) is 32.9 Å². The lowest BCUT2D eigenvalue weighted by Gasteiger charge is -2.07. The van der Waals surface area contributed by atoms with Crippen molar-refractivity contribution in [3.05, 3.63) is 29.3 Å². The summed E-state index contributed by atoms with van der Waals surface area (Å²) in [6.07, 6.45) is 2.45. The van der Waals surface area contributed by atoms with Gasteiger partial charge in [-0.2, -0.15) is 0 Å². The lowest BCUT2D eigenvalue weighted by atomic mass is 10.3. The van der Waals surface area contributed by atoms with Gasteiger partial charge in [-0.15, -0.1) is 0 Å². The van der Waals surface area contributed by atoms with Gasteiger partial charge in [-0.25, -0.2) is 0 Å². The molecular formula is C14H22ClNO2. The van der Waals surface area contributed by atoms with E-state index in [9.17, 15) is 0 Å². The van der Waals surface area contributed by atoms with Crippen molar-refractivity contribution in [1.29, 1.82) is 0 Å². The van der Waals surface area contributed by atoms with E-state index >= 15 is 0 Å². The normalized spacial score (nSPS) is 10.6. The SMILES string of the molecule is CCCCNCCOCCOc1ccc(Cl)cc1. The highest BCUT2D eigenvalue weighted by Crippen LogP contribution is 2.15. The molecule has 0 aromatic heterocycles. The number of halogens is 1. The van der Waals surface area contributed by atoms with Crippen molar-refractivity contribution in [1.82, 2.24) is 5.32 Å². The number of hydrogen-bond donors (Lipinski definition) is 1. The molecule has 0 amide bonds. The average Bonchev–Trinajstić information content (AvgIpc) is 2.39. The highest BCUT2D eigenvalue weighted by atomic mass is 35.5. The van der Waals surface area contributed by atoms with Gasteiger partial charge < -0.3 is 14.8 Å². The van der Waals surface area contributed by atoms with Crippen molar-refractivity contribution >= 4 is 11.6 Å². The zero-order chi connectivity index (χ0) is 13.1. The van der Waals surface area contributed by atoms with Gasteiger partial charge in [0.2, 0.25) is 0 Å². The van der Waals surface area contributed by atoms with Crippen LogP contribution in [0.2, 0.25) is 5.02 Å². The Bertz CT molecular complexity index is 303. The number of hydrogen-bond acceptors (Lipinski definition) is 3. The number of unbranched alkanes of at least 4 members (excludes halogenated alkanes) is 1. The summed E-state index contributed by atoms with van der Waals surface area (Å²) in [7, 11) is 0. The molecule has 0 unspecified atom stereocenters. The Labute approximate surface area is 114 Å². The van der Waals surface area contributed by atoms with E-state index in [4.69, 9.17) is 21.1 Å². The number of nitrogens with one attached hydrogen (secondary N) is 1. The standard InChI is InChI=1S/C14H22ClNO2/c1-2-3-8-16-9-10-17-11-12-18-14-6-4-13(15)5-7-14/h4-7,16H,2-3,8-12H2,1H3. The predicted molar refractivity (Wildman–Crippen MR) is 75.5 cm³/mol. The van der Waals surface area contributed by atoms with Gasteiger partial charge in [0.05, 0.1) is 13.2 Å². The average molecular weight is 272 g/mol. The van der Waals surface area contributed by atoms with Gasteiger partial charge in [0, 0.05) is 11.6 Å². The smallest absolute Gasteiger partial charge is 0.119 e. The van der Waals surface area contributed by atoms with E-state index in [1.807, 2.05) is 24.3 Å². The van der Waals surface area contributed by atoms with E-state index in [0.717, 1.165) is 30.5 Å². The van der Waals surface area contributed by atoms with Crippen molar-refractivity contribution in [2.75, 3.05) is 32.9 Å². The van der Waals surface area contributed by atoms with Crippen molar-refractivity contribution in [2.45, 2.75) is 19.8 Å². The Morgan fingerprint density at radius 3 is 2.56 bits per heavy atom. The van der Waals surface area contributed by atoms with Crippen LogP contribution in [-0.2, 0) is 4.74 Å². The first-order valence-electron chi connectivity index (χ1n) is 6.49. The monoisotopic (exact) mass is 271 g/mol. The summed E-state index contributed by atoms with van der Waals surface area (Å²) in [5.41, 5.74) is 0. The summed E-state index contributed by atoms with van der Waals surface area (Å²) in [6, 6.07) is 7.34. The topological polar surface area (TPSA) is 30.5 Å². The molecule has 3 nitrogen and oxygen atoms in total. The van der Waals surface area contributed by atoms with Gasteiger partial charge in [-0.1, -0.05) is 24.9 Å². The van der Waals surface area contributed by atoms with Gasteiger partial charge in [0.15, 0.2) is 0 Å². The Kier molecular flexibility index (Phi) is 8.65. The van der Waals surface area contributed by atoms with Gasteiger partial charge >= 0.3 is 0 Å². The molecule has 1 aromatic rings. The summed E-state index contributed by atoms with van der Waals surface area (Å²) < 4.78 is 10.9. The Hall–Kier alpha value is -0.770. The molecule has 0 radical (unpaired) electrons. The van der Waals surface area contributed by atoms with Crippen LogP contribution < -0.4 is 10.1 Å². The van der Waals surface area contributed by atoms with Crippen LogP contribution in [0.4, 0.5) is 0 Å². The molecule has 0 spiro atoms. The molecule has 0 saturated heterocycles. The van der Waals surface area contributed by atoms with E-state index in [1.165, 1.54) is 12.8 Å². The largest absolute Gasteiger partial charge is 0.491 e. The van der Waals surface area contributed by atoms with Gasteiger partial charge in [-0.05, 0) is 37.2 Å². The molecule has 0 fully saturated rings. The molecule has 0 heterocycles. The predicted octanol–water partition coefficient (Wildman–Crippen LogP) is 3.13. The molecule has 1 aromatic carbocycles. The zero-order valence-corrected chi connectivity index (χ0v) is 11.7. The minimum Gasteiger partial charge on any atom is -0.491 e. The third kappa shape index (κ3) is 7.54. The molecule has 0 bridgehead atoms. The van der Waals surface area contributed by atoms with Crippen molar-refractivity contribution in [3.63, 3.8) is 0 Å². The van der Waals surface area contributed by atoms with E-state index in [1.54, 1.807) is 0 Å². The van der Waals surface area contributed by atoms with Gasteiger partial charge in [0.25, 0.3) is 0 Å². The molecule has 1 N–H and O–H groups in total. The summed E-state index contributed by atoms with van der Waals surface area (Å²) in [5.74, 6) is 0.823. The van der Waals surface area contributed by atoms with Crippen molar-refractivity contribution in [3.8, 4) is 5.75 Å². The quantitative estimate of drug-likeness (QED) is 0.663. The summed E-state index contributed by atoms with van der Waals surface area (Å²) in [5, 5.41) is 4.04. The molecular weight excluding hydrogens is 250 g/mol. The molecule has 102 valence electrons. The summed E-state index contributed by atoms with van der Waals surface area (Å²) >= 11 is 5.78. The third-order valence-electron chi connectivity index (χ3n) is 2.44. The second-order valence-corrected chi connectivity index (χ2v) is 4.45. The van der Waals surface area contributed by atoms with Gasteiger partial charge in [0.1, 0.15) is 12.4 Å². The Balaban J connectivity index is 1.91. The maximum absolute atomic E-state index is 5.78. The molecule has 0 aliphatic rings.